The van der Waals surface area contributed by atoms with Crippen molar-refractivity contribution in [3.63, 3.8) is 0 Å². The van der Waals surface area contributed by atoms with Crippen molar-refractivity contribution in [2.45, 2.75) is 24.8 Å². The Morgan fingerprint density at radius 2 is 2.00 bits per heavy atom. The molecule has 0 saturated carbocycles. The molecule has 0 radical (unpaired) electrons. The van der Waals surface area contributed by atoms with Crippen molar-refractivity contribution in [2.75, 3.05) is 7.11 Å². The second kappa shape index (κ2) is 7.88. The van der Waals surface area contributed by atoms with E-state index in [-0.39, 0.29) is 5.56 Å². The summed E-state index contributed by atoms with van der Waals surface area (Å²) in [7, 11) is 1.57. The minimum absolute atomic E-state index is 0.209. The first-order valence-corrected chi connectivity index (χ1v) is 10.1. The van der Waals surface area contributed by atoms with Crippen LogP contribution in [0.2, 0.25) is 5.02 Å². The Kier molecular flexibility index (Phi) is 5.29. The van der Waals surface area contributed by atoms with Crippen LogP contribution >= 0.6 is 23.4 Å². The average Bonchev–Trinajstić information content (AvgIpc) is 3.11. The fraction of sp³-hybridized carbons (Fsp3) is 0.200. The number of nitrogens with zero attached hydrogens (tertiary/aromatic N) is 4. The van der Waals surface area contributed by atoms with Crippen LogP contribution in [0.3, 0.4) is 0 Å². The van der Waals surface area contributed by atoms with E-state index in [1.165, 1.54) is 11.8 Å². The monoisotopic (exact) mass is 428 g/mol. The third kappa shape index (κ3) is 3.86. The van der Waals surface area contributed by atoms with E-state index in [9.17, 15) is 4.79 Å². The van der Waals surface area contributed by atoms with E-state index < -0.39 is 0 Å². The molecule has 29 heavy (non-hydrogen) atoms. The molecule has 7 nitrogen and oxygen atoms in total. The van der Waals surface area contributed by atoms with Gasteiger partial charge in [0, 0.05) is 11.9 Å². The first kappa shape index (κ1) is 19.5. The normalized spacial score (nSPS) is 11.2. The number of aromatic nitrogens is 4. The number of ether oxygens (including phenoxy) is 1. The molecule has 0 aliphatic rings. The number of fused-ring (bicyclic) bond motifs is 1. The molecule has 0 amide bonds. The summed E-state index contributed by atoms with van der Waals surface area (Å²) in [6.07, 6.45) is 0. The minimum Gasteiger partial charge on any atom is -0.495 e. The van der Waals surface area contributed by atoms with Gasteiger partial charge in [-0.1, -0.05) is 29.4 Å². The zero-order valence-electron chi connectivity index (χ0n) is 16.0. The molecule has 0 spiro atoms. The van der Waals surface area contributed by atoms with Crippen LogP contribution < -0.4 is 10.3 Å². The lowest BCUT2D eigenvalue weighted by atomic mass is 10.2. The summed E-state index contributed by atoms with van der Waals surface area (Å²) in [6.45, 7) is 3.68. The van der Waals surface area contributed by atoms with Gasteiger partial charge in [0.2, 0.25) is 11.8 Å². The molecule has 2 heterocycles. The van der Waals surface area contributed by atoms with Gasteiger partial charge in [-0.05, 0) is 42.8 Å². The van der Waals surface area contributed by atoms with Crippen LogP contribution in [0.15, 0.2) is 50.8 Å². The standard InChI is InChI=1S/C20H17ClN4O3S/c1-11-4-7-17(27-3)16(8-11)25-19(26)14-6-5-13(21)9-15(14)22-20(25)29-10-18-24-23-12(2)28-18/h4-9H,10H2,1-3H3. The highest BCUT2D eigenvalue weighted by atomic mass is 35.5. The molecule has 0 fully saturated rings. The summed E-state index contributed by atoms with van der Waals surface area (Å²) in [6, 6.07) is 10.7. The van der Waals surface area contributed by atoms with Crippen LogP contribution in [0.1, 0.15) is 17.3 Å². The molecule has 148 valence electrons. The van der Waals surface area contributed by atoms with Gasteiger partial charge in [0.05, 0.1) is 29.5 Å². The molecular weight excluding hydrogens is 412 g/mol. The van der Waals surface area contributed by atoms with Crippen molar-refractivity contribution in [3.05, 3.63) is 69.1 Å². The molecule has 0 aliphatic carbocycles. The topological polar surface area (TPSA) is 83.0 Å². The second-order valence-electron chi connectivity index (χ2n) is 6.38. The van der Waals surface area contributed by atoms with Crippen LogP contribution in [-0.2, 0) is 5.75 Å². The molecule has 9 heteroatoms. The molecule has 4 rings (SSSR count). The molecule has 0 bridgehead atoms. The summed E-state index contributed by atoms with van der Waals surface area (Å²) in [5.41, 5.74) is 1.92. The van der Waals surface area contributed by atoms with E-state index in [4.69, 9.17) is 25.7 Å². The molecule has 2 aromatic heterocycles. The lowest BCUT2D eigenvalue weighted by Crippen LogP contribution is -2.22. The molecule has 2 aromatic carbocycles. The molecule has 0 unspecified atom stereocenters. The number of rotatable bonds is 5. The second-order valence-corrected chi connectivity index (χ2v) is 7.75. The highest BCUT2D eigenvalue weighted by Crippen LogP contribution is 2.30. The van der Waals surface area contributed by atoms with E-state index in [0.717, 1.165) is 5.56 Å². The van der Waals surface area contributed by atoms with E-state index >= 15 is 0 Å². The van der Waals surface area contributed by atoms with Crippen molar-refractivity contribution in [1.29, 1.82) is 0 Å². The van der Waals surface area contributed by atoms with Crippen molar-refractivity contribution >= 4 is 34.3 Å². The van der Waals surface area contributed by atoms with Crippen LogP contribution in [0, 0.1) is 13.8 Å². The van der Waals surface area contributed by atoms with Crippen molar-refractivity contribution in [1.82, 2.24) is 19.7 Å². The van der Waals surface area contributed by atoms with Crippen molar-refractivity contribution < 1.29 is 9.15 Å². The Morgan fingerprint density at radius 3 is 2.72 bits per heavy atom. The van der Waals surface area contributed by atoms with Gasteiger partial charge in [-0.15, -0.1) is 10.2 Å². The van der Waals surface area contributed by atoms with Crippen LogP contribution in [-0.4, -0.2) is 26.9 Å². The molecular formula is C20H17ClN4O3S. The van der Waals surface area contributed by atoms with Crippen molar-refractivity contribution in [3.8, 4) is 11.4 Å². The summed E-state index contributed by atoms with van der Waals surface area (Å²) in [5, 5.41) is 9.31. The number of hydrogen-bond donors (Lipinski definition) is 0. The van der Waals surface area contributed by atoms with Gasteiger partial charge in [-0.3, -0.25) is 9.36 Å². The van der Waals surface area contributed by atoms with Gasteiger partial charge < -0.3 is 9.15 Å². The number of halogens is 1. The fourth-order valence-corrected chi connectivity index (χ4v) is 3.95. The van der Waals surface area contributed by atoms with Crippen molar-refractivity contribution in [2.24, 2.45) is 0 Å². The van der Waals surface area contributed by atoms with Gasteiger partial charge >= 0.3 is 0 Å². The fourth-order valence-electron chi connectivity index (χ4n) is 2.94. The Balaban J connectivity index is 1.93. The number of hydrogen-bond acceptors (Lipinski definition) is 7. The quantitative estimate of drug-likeness (QED) is 0.345. The molecule has 4 aromatic rings. The highest BCUT2D eigenvalue weighted by Gasteiger charge is 2.18. The predicted molar refractivity (Wildman–Crippen MR) is 112 cm³/mol. The van der Waals surface area contributed by atoms with Gasteiger partial charge in [-0.2, -0.15) is 0 Å². The molecule has 0 N–H and O–H groups in total. The first-order chi connectivity index (χ1) is 14.0. The van der Waals surface area contributed by atoms with Gasteiger partial charge in [0.1, 0.15) is 5.75 Å². The Labute approximate surface area is 175 Å². The number of methoxy groups -OCH3 is 1. The van der Waals surface area contributed by atoms with Gasteiger partial charge in [0.25, 0.3) is 5.56 Å². The molecule has 0 saturated heterocycles. The molecule has 0 atom stereocenters. The van der Waals surface area contributed by atoms with Gasteiger partial charge in [-0.25, -0.2) is 4.98 Å². The maximum absolute atomic E-state index is 13.4. The van der Waals surface area contributed by atoms with Crippen LogP contribution in [0.25, 0.3) is 16.6 Å². The average molecular weight is 429 g/mol. The number of aryl methyl sites for hydroxylation is 2. The maximum Gasteiger partial charge on any atom is 0.266 e. The van der Waals surface area contributed by atoms with E-state index in [1.807, 2.05) is 25.1 Å². The smallest absolute Gasteiger partial charge is 0.266 e. The zero-order valence-corrected chi connectivity index (χ0v) is 17.5. The lowest BCUT2D eigenvalue weighted by molar-refractivity contribution is 0.411. The van der Waals surface area contributed by atoms with Gasteiger partial charge in [0.15, 0.2) is 5.16 Å². The lowest BCUT2D eigenvalue weighted by Gasteiger charge is -2.16. The van der Waals surface area contributed by atoms with E-state index in [0.29, 0.717) is 50.1 Å². The van der Waals surface area contributed by atoms with E-state index in [2.05, 4.69) is 10.2 Å². The Bertz CT molecular complexity index is 1270. The largest absolute Gasteiger partial charge is 0.495 e. The SMILES string of the molecule is COc1ccc(C)cc1-n1c(SCc2nnc(C)o2)nc2cc(Cl)ccc2c1=O. The number of benzene rings is 2. The summed E-state index contributed by atoms with van der Waals surface area (Å²) in [5.74, 6) is 1.88. The number of thioether (sulfide) groups is 1. The third-order valence-electron chi connectivity index (χ3n) is 4.27. The van der Waals surface area contributed by atoms with Crippen LogP contribution in [0.4, 0.5) is 0 Å². The highest BCUT2D eigenvalue weighted by molar-refractivity contribution is 7.98. The van der Waals surface area contributed by atoms with E-state index in [1.54, 1.807) is 36.8 Å². The summed E-state index contributed by atoms with van der Waals surface area (Å²) >= 11 is 7.44. The first-order valence-electron chi connectivity index (χ1n) is 8.75. The Hall–Kier alpha value is -2.84. The third-order valence-corrected chi connectivity index (χ3v) is 5.43. The Morgan fingerprint density at radius 1 is 1.17 bits per heavy atom. The summed E-state index contributed by atoms with van der Waals surface area (Å²) < 4.78 is 12.5. The predicted octanol–water partition coefficient (Wildman–Crippen LogP) is 4.34. The minimum atomic E-state index is -0.209. The summed E-state index contributed by atoms with van der Waals surface area (Å²) in [4.78, 5) is 18.1. The van der Waals surface area contributed by atoms with Crippen LogP contribution in [0.5, 0.6) is 5.75 Å². The zero-order chi connectivity index (χ0) is 20.5. The molecule has 0 aliphatic heterocycles. The maximum atomic E-state index is 13.4.